The van der Waals surface area contributed by atoms with Crippen molar-refractivity contribution in [2.45, 2.75) is 59.3 Å². The fraction of sp³-hybridized carbons (Fsp3) is 0.692. The van der Waals surface area contributed by atoms with Gasteiger partial charge in [-0.3, -0.25) is 0 Å². The Labute approximate surface area is 92.4 Å². The molecule has 0 aliphatic heterocycles. The molecule has 0 nitrogen and oxygen atoms in total. The van der Waals surface area contributed by atoms with Crippen LogP contribution in [0.4, 0.5) is 0 Å². The van der Waals surface area contributed by atoms with Crippen LogP contribution < -0.4 is 0 Å². The molecule has 1 heterocycles. The molecule has 1 unspecified atom stereocenters. The largest absolute Gasteiger partial charge is 0.149 e. The van der Waals surface area contributed by atoms with Crippen molar-refractivity contribution in [2.24, 2.45) is 0 Å². The first-order valence-electron chi connectivity index (χ1n) is 5.60. The van der Waals surface area contributed by atoms with Crippen LogP contribution in [0.2, 0.25) is 0 Å². The van der Waals surface area contributed by atoms with Crippen molar-refractivity contribution >= 4 is 11.3 Å². The minimum atomic E-state index is 0.406. The lowest BCUT2D eigenvalue weighted by Gasteiger charge is -2.29. The van der Waals surface area contributed by atoms with Gasteiger partial charge < -0.3 is 0 Å². The second-order valence-electron chi connectivity index (χ2n) is 4.51. The first-order valence-corrected chi connectivity index (χ1v) is 6.48. The van der Waals surface area contributed by atoms with Gasteiger partial charge in [0.15, 0.2) is 0 Å². The molecule has 1 atom stereocenters. The molecule has 1 aromatic rings. The molecule has 0 saturated heterocycles. The van der Waals surface area contributed by atoms with E-state index in [2.05, 4.69) is 40.0 Å². The predicted molar refractivity (Wildman–Crippen MR) is 66.3 cm³/mol. The van der Waals surface area contributed by atoms with Crippen LogP contribution in [-0.2, 0) is 5.41 Å². The maximum atomic E-state index is 2.42. The zero-order valence-electron chi connectivity index (χ0n) is 10.1. The summed E-state index contributed by atoms with van der Waals surface area (Å²) in [6.07, 6.45) is 3.83. The van der Waals surface area contributed by atoms with Gasteiger partial charge in [0.2, 0.25) is 0 Å². The van der Waals surface area contributed by atoms with Gasteiger partial charge in [0.1, 0.15) is 0 Å². The Morgan fingerprint density at radius 2 is 1.93 bits per heavy atom. The molecular formula is C13H22S. The lowest BCUT2D eigenvalue weighted by atomic mass is 9.75. The summed E-state index contributed by atoms with van der Waals surface area (Å²) < 4.78 is 0. The van der Waals surface area contributed by atoms with E-state index in [0.717, 1.165) is 0 Å². The van der Waals surface area contributed by atoms with Gasteiger partial charge in [0.05, 0.1) is 0 Å². The van der Waals surface area contributed by atoms with E-state index in [1.54, 1.807) is 5.56 Å². The summed E-state index contributed by atoms with van der Waals surface area (Å²) in [4.78, 5) is 1.51. The van der Waals surface area contributed by atoms with Gasteiger partial charge in [-0.2, -0.15) is 0 Å². The average molecular weight is 210 g/mol. The summed E-state index contributed by atoms with van der Waals surface area (Å²) >= 11 is 1.90. The summed E-state index contributed by atoms with van der Waals surface area (Å²) in [5.41, 5.74) is 3.51. The van der Waals surface area contributed by atoms with E-state index >= 15 is 0 Å². The van der Waals surface area contributed by atoms with Crippen LogP contribution in [-0.4, -0.2) is 0 Å². The summed E-state index contributed by atoms with van der Waals surface area (Å²) in [7, 11) is 0. The highest BCUT2D eigenvalue weighted by atomic mass is 32.1. The molecule has 0 aliphatic rings. The van der Waals surface area contributed by atoms with E-state index < -0.39 is 0 Å². The predicted octanol–water partition coefficient (Wildman–Crippen LogP) is 4.83. The van der Waals surface area contributed by atoms with Gasteiger partial charge in [-0.15, -0.1) is 11.3 Å². The normalized spacial score (nSPS) is 15.5. The Morgan fingerprint density at radius 3 is 2.29 bits per heavy atom. The first-order chi connectivity index (χ1) is 6.55. The van der Waals surface area contributed by atoms with Crippen molar-refractivity contribution in [3.8, 4) is 0 Å². The molecule has 0 fully saturated rings. The first kappa shape index (κ1) is 11.8. The summed E-state index contributed by atoms with van der Waals surface area (Å²) in [5.74, 6) is 0. The number of aryl methyl sites for hydroxylation is 2. The number of rotatable bonds is 4. The lowest BCUT2D eigenvalue weighted by Crippen LogP contribution is -2.21. The van der Waals surface area contributed by atoms with E-state index in [-0.39, 0.29) is 0 Å². The quantitative estimate of drug-likeness (QED) is 0.667. The molecule has 1 heteroatoms. The Bertz CT molecular complexity index is 279. The molecule has 80 valence electrons. The van der Waals surface area contributed by atoms with Gasteiger partial charge in [-0.25, -0.2) is 0 Å². The third-order valence-electron chi connectivity index (χ3n) is 3.34. The maximum Gasteiger partial charge on any atom is 0.00544 e. The molecule has 14 heavy (non-hydrogen) atoms. The van der Waals surface area contributed by atoms with Gasteiger partial charge in [0.25, 0.3) is 0 Å². The molecule has 0 aliphatic carbocycles. The molecule has 0 aromatic carbocycles. The Morgan fingerprint density at radius 1 is 1.29 bits per heavy atom. The molecule has 1 aromatic heterocycles. The van der Waals surface area contributed by atoms with E-state index in [1.165, 1.54) is 29.7 Å². The fourth-order valence-electron chi connectivity index (χ4n) is 2.50. The van der Waals surface area contributed by atoms with E-state index in [9.17, 15) is 0 Å². The highest BCUT2D eigenvalue weighted by molar-refractivity contribution is 7.10. The van der Waals surface area contributed by atoms with Crippen molar-refractivity contribution in [2.75, 3.05) is 0 Å². The second-order valence-corrected chi connectivity index (χ2v) is 5.60. The highest BCUT2D eigenvalue weighted by Crippen LogP contribution is 2.39. The van der Waals surface area contributed by atoms with Crippen molar-refractivity contribution in [3.05, 3.63) is 21.4 Å². The fourth-order valence-corrected chi connectivity index (χ4v) is 3.50. The summed E-state index contributed by atoms with van der Waals surface area (Å²) in [6.45, 7) is 11.5. The Hall–Kier alpha value is -0.300. The number of hydrogen-bond acceptors (Lipinski definition) is 1. The second kappa shape index (κ2) is 4.48. The van der Waals surface area contributed by atoms with E-state index in [4.69, 9.17) is 0 Å². The van der Waals surface area contributed by atoms with Crippen molar-refractivity contribution in [3.63, 3.8) is 0 Å². The van der Waals surface area contributed by atoms with Crippen molar-refractivity contribution in [1.29, 1.82) is 0 Å². The zero-order chi connectivity index (χ0) is 10.8. The minimum absolute atomic E-state index is 0.406. The monoisotopic (exact) mass is 210 g/mol. The van der Waals surface area contributed by atoms with Gasteiger partial charge in [-0.05, 0) is 48.6 Å². The molecule has 1 rings (SSSR count). The zero-order valence-corrected chi connectivity index (χ0v) is 10.9. The lowest BCUT2D eigenvalue weighted by molar-refractivity contribution is 0.411. The molecular weight excluding hydrogens is 188 g/mol. The van der Waals surface area contributed by atoms with Crippen LogP contribution in [0.1, 0.15) is 56.0 Å². The molecule has 0 amide bonds. The minimum Gasteiger partial charge on any atom is -0.149 e. The van der Waals surface area contributed by atoms with Crippen molar-refractivity contribution < 1.29 is 0 Å². The molecule has 0 radical (unpaired) electrons. The summed E-state index contributed by atoms with van der Waals surface area (Å²) in [6, 6.07) is 0. The van der Waals surface area contributed by atoms with Crippen LogP contribution >= 0.6 is 11.3 Å². The third kappa shape index (κ3) is 2.03. The van der Waals surface area contributed by atoms with Crippen molar-refractivity contribution in [1.82, 2.24) is 0 Å². The number of thiophene rings is 1. The van der Waals surface area contributed by atoms with Gasteiger partial charge in [-0.1, -0.05) is 27.2 Å². The number of hydrogen-bond donors (Lipinski definition) is 0. The Balaban J connectivity index is 3.11. The standard InChI is InChI=1S/C13H22S/c1-6-8-13(5,7-2)12-10(3)9-14-11(12)4/h9H,6-8H2,1-5H3. The van der Waals surface area contributed by atoms with Crippen LogP contribution in [0.15, 0.2) is 5.38 Å². The smallest absolute Gasteiger partial charge is 0.00544 e. The third-order valence-corrected chi connectivity index (χ3v) is 4.37. The van der Waals surface area contributed by atoms with Gasteiger partial charge in [0, 0.05) is 4.88 Å². The van der Waals surface area contributed by atoms with Crippen LogP contribution in [0.5, 0.6) is 0 Å². The summed E-state index contributed by atoms with van der Waals surface area (Å²) in [5, 5.41) is 2.30. The highest BCUT2D eigenvalue weighted by Gasteiger charge is 2.27. The SMILES string of the molecule is CCCC(C)(CC)c1c(C)csc1C. The van der Waals surface area contributed by atoms with Crippen LogP contribution in [0, 0.1) is 13.8 Å². The average Bonchev–Trinajstić information content (AvgIpc) is 2.47. The molecule has 0 bridgehead atoms. The molecule has 0 saturated carbocycles. The molecule has 0 spiro atoms. The topological polar surface area (TPSA) is 0 Å². The van der Waals surface area contributed by atoms with E-state index in [1.807, 2.05) is 11.3 Å². The maximum absolute atomic E-state index is 2.42. The van der Waals surface area contributed by atoms with Gasteiger partial charge >= 0.3 is 0 Å². The van der Waals surface area contributed by atoms with E-state index in [0.29, 0.717) is 5.41 Å². The molecule has 0 N–H and O–H groups in total. The Kier molecular flexibility index (Phi) is 3.77. The van der Waals surface area contributed by atoms with Crippen LogP contribution in [0.3, 0.4) is 0 Å². The van der Waals surface area contributed by atoms with Crippen LogP contribution in [0.25, 0.3) is 0 Å².